The second kappa shape index (κ2) is 9.85. The second-order valence-corrected chi connectivity index (χ2v) is 12.3. The molecule has 1 unspecified atom stereocenters. The van der Waals surface area contributed by atoms with Crippen LogP contribution in [0.1, 0.15) is 45.1 Å². The van der Waals surface area contributed by atoms with Gasteiger partial charge in [0.1, 0.15) is 0 Å². The summed E-state index contributed by atoms with van der Waals surface area (Å²) >= 11 is 0. The van der Waals surface area contributed by atoms with Crippen molar-refractivity contribution < 1.29 is 27.9 Å². The molecule has 2 amide bonds. The van der Waals surface area contributed by atoms with Crippen molar-refractivity contribution in [3.05, 3.63) is 30.6 Å². The van der Waals surface area contributed by atoms with E-state index in [-0.39, 0.29) is 42.0 Å². The second-order valence-electron chi connectivity index (χ2n) is 10.1. The van der Waals surface area contributed by atoms with Crippen LogP contribution < -0.4 is 9.80 Å². The summed E-state index contributed by atoms with van der Waals surface area (Å²) in [5, 5.41) is 14.3. The molecule has 2 aromatic rings. The number of carbonyl (C=O) groups excluding carboxylic acids is 1. The number of aromatic nitrogens is 2. The highest BCUT2D eigenvalue weighted by molar-refractivity contribution is 7.91. The van der Waals surface area contributed by atoms with Crippen LogP contribution in [0.15, 0.2) is 30.6 Å². The van der Waals surface area contributed by atoms with Crippen LogP contribution in [-0.4, -0.2) is 72.6 Å². The molecule has 0 saturated carbocycles. The van der Waals surface area contributed by atoms with Crippen molar-refractivity contribution in [3.63, 3.8) is 0 Å². The standard InChI is InChI=1S/C25H32N4O6S/c1-17-14-27(25(31)32)23-12-19(20-13-26-28(15-20)21-3-2-10-36(33,34)16-21)4-5-22(23)29(17)24(30)11-18-6-8-35-9-7-18/h4-5,12-13,15,17-18,21H,2-3,6-11,14,16H2,1H3,(H,31,32)/t17-,21?/m0/s1. The van der Waals surface area contributed by atoms with Gasteiger partial charge < -0.3 is 14.7 Å². The van der Waals surface area contributed by atoms with Crippen molar-refractivity contribution in [2.24, 2.45) is 5.92 Å². The molecular formula is C25H32N4O6S. The minimum atomic E-state index is -3.07. The summed E-state index contributed by atoms with van der Waals surface area (Å²) < 4.78 is 31.3. The van der Waals surface area contributed by atoms with E-state index in [0.29, 0.717) is 37.4 Å². The van der Waals surface area contributed by atoms with E-state index in [9.17, 15) is 23.1 Å². The average Bonchev–Trinajstić information content (AvgIpc) is 3.33. The highest BCUT2D eigenvalue weighted by Gasteiger charge is 2.36. The Balaban J connectivity index is 1.44. The Morgan fingerprint density at radius 1 is 1.14 bits per heavy atom. The molecule has 36 heavy (non-hydrogen) atoms. The lowest BCUT2D eigenvalue weighted by atomic mass is 9.94. The molecule has 1 aromatic heterocycles. The van der Waals surface area contributed by atoms with Gasteiger partial charge in [-0.3, -0.25) is 14.4 Å². The van der Waals surface area contributed by atoms with Crippen LogP contribution in [0.3, 0.4) is 0 Å². The van der Waals surface area contributed by atoms with Gasteiger partial charge in [-0.15, -0.1) is 0 Å². The zero-order valence-electron chi connectivity index (χ0n) is 20.4. The van der Waals surface area contributed by atoms with E-state index in [1.54, 1.807) is 27.9 Å². The number of nitrogens with zero attached hydrogens (tertiary/aromatic N) is 4. The molecule has 1 N–H and O–H groups in total. The smallest absolute Gasteiger partial charge is 0.411 e. The first-order valence-electron chi connectivity index (χ1n) is 12.5. The summed E-state index contributed by atoms with van der Waals surface area (Å²) in [5.41, 5.74) is 2.58. The number of rotatable bonds is 4. The van der Waals surface area contributed by atoms with Crippen molar-refractivity contribution in [1.29, 1.82) is 0 Å². The van der Waals surface area contributed by atoms with Crippen LogP contribution in [0.5, 0.6) is 0 Å². The normalized spacial score (nSPS) is 24.4. The third-order valence-electron chi connectivity index (χ3n) is 7.47. The lowest BCUT2D eigenvalue weighted by Gasteiger charge is -2.40. The van der Waals surface area contributed by atoms with E-state index in [0.717, 1.165) is 30.4 Å². The lowest BCUT2D eigenvalue weighted by molar-refractivity contribution is -0.120. The molecule has 5 rings (SSSR count). The van der Waals surface area contributed by atoms with E-state index >= 15 is 0 Å². The largest absolute Gasteiger partial charge is 0.465 e. The van der Waals surface area contributed by atoms with Crippen LogP contribution in [0.2, 0.25) is 0 Å². The molecule has 10 nitrogen and oxygen atoms in total. The lowest BCUT2D eigenvalue weighted by Crippen LogP contribution is -2.52. The molecule has 1 aromatic carbocycles. The minimum absolute atomic E-state index is 0.000217. The first-order chi connectivity index (χ1) is 17.2. The Morgan fingerprint density at radius 3 is 2.64 bits per heavy atom. The number of amides is 2. The Morgan fingerprint density at radius 2 is 1.92 bits per heavy atom. The zero-order chi connectivity index (χ0) is 25.4. The maximum absolute atomic E-state index is 13.4. The van der Waals surface area contributed by atoms with E-state index in [4.69, 9.17) is 4.74 Å². The monoisotopic (exact) mass is 516 g/mol. The molecule has 2 saturated heterocycles. The van der Waals surface area contributed by atoms with Gasteiger partial charge in [-0.25, -0.2) is 13.2 Å². The molecule has 0 radical (unpaired) electrons. The molecular weight excluding hydrogens is 484 g/mol. The van der Waals surface area contributed by atoms with Crippen LogP contribution >= 0.6 is 0 Å². The van der Waals surface area contributed by atoms with Crippen LogP contribution in [0, 0.1) is 5.92 Å². The average molecular weight is 517 g/mol. The number of fused-ring (bicyclic) bond motifs is 1. The molecule has 0 aliphatic carbocycles. The highest BCUT2D eigenvalue weighted by atomic mass is 32.2. The number of carboxylic acid groups (broad SMARTS) is 1. The molecule has 194 valence electrons. The predicted octanol–water partition coefficient (Wildman–Crippen LogP) is 3.34. The van der Waals surface area contributed by atoms with E-state index < -0.39 is 15.9 Å². The van der Waals surface area contributed by atoms with E-state index in [1.165, 1.54) is 4.90 Å². The number of ether oxygens (including phenoxy) is 1. The number of anilines is 2. The summed E-state index contributed by atoms with van der Waals surface area (Å²) in [6.07, 6.45) is 5.91. The van der Waals surface area contributed by atoms with Gasteiger partial charge in [0.15, 0.2) is 9.84 Å². The molecule has 0 spiro atoms. The summed E-state index contributed by atoms with van der Waals surface area (Å²) in [6.45, 7) is 3.39. The first-order valence-corrected chi connectivity index (χ1v) is 14.3. The molecule has 4 heterocycles. The van der Waals surface area contributed by atoms with Gasteiger partial charge in [0.05, 0.1) is 41.2 Å². The highest BCUT2D eigenvalue weighted by Crippen LogP contribution is 2.40. The summed E-state index contributed by atoms with van der Waals surface area (Å²) in [7, 11) is -3.07. The van der Waals surface area contributed by atoms with Crippen molar-refractivity contribution in [2.75, 3.05) is 41.1 Å². The van der Waals surface area contributed by atoms with Gasteiger partial charge in [0.25, 0.3) is 0 Å². The maximum atomic E-state index is 13.4. The third-order valence-corrected chi connectivity index (χ3v) is 9.27. The summed E-state index contributed by atoms with van der Waals surface area (Å²) in [4.78, 5) is 28.5. The number of carbonyl (C=O) groups is 2. The van der Waals surface area contributed by atoms with Crippen molar-refractivity contribution in [3.8, 4) is 11.1 Å². The summed E-state index contributed by atoms with van der Waals surface area (Å²) in [5.74, 6) is 0.566. The summed E-state index contributed by atoms with van der Waals surface area (Å²) in [6, 6.07) is 4.96. The van der Waals surface area contributed by atoms with Crippen LogP contribution in [0.4, 0.5) is 16.2 Å². The minimum Gasteiger partial charge on any atom is -0.465 e. The number of hydrogen-bond acceptors (Lipinski definition) is 6. The molecule has 0 bridgehead atoms. The molecule has 3 aliphatic heterocycles. The molecule has 3 aliphatic rings. The third kappa shape index (κ3) is 4.99. The number of hydrogen-bond donors (Lipinski definition) is 1. The van der Waals surface area contributed by atoms with E-state index in [2.05, 4.69) is 5.10 Å². The predicted molar refractivity (Wildman–Crippen MR) is 135 cm³/mol. The molecule has 2 fully saturated rings. The van der Waals surface area contributed by atoms with Crippen molar-refractivity contribution in [1.82, 2.24) is 9.78 Å². The van der Waals surface area contributed by atoms with Crippen molar-refractivity contribution >= 4 is 33.2 Å². The van der Waals surface area contributed by atoms with Gasteiger partial charge in [0.2, 0.25) is 5.91 Å². The topological polar surface area (TPSA) is 122 Å². The fraction of sp³-hybridized carbons (Fsp3) is 0.560. The van der Waals surface area contributed by atoms with Crippen LogP contribution in [0.25, 0.3) is 11.1 Å². The fourth-order valence-corrected chi connectivity index (χ4v) is 7.23. The Kier molecular flexibility index (Phi) is 6.78. The Hall–Kier alpha value is -2.92. The van der Waals surface area contributed by atoms with Gasteiger partial charge in [0, 0.05) is 37.9 Å². The Labute approximate surface area is 210 Å². The fourth-order valence-electron chi connectivity index (χ4n) is 5.56. The van der Waals surface area contributed by atoms with Gasteiger partial charge >= 0.3 is 6.09 Å². The zero-order valence-corrected chi connectivity index (χ0v) is 21.2. The first kappa shape index (κ1) is 24.8. The quantitative estimate of drug-likeness (QED) is 0.661. The van der Waals surface area contributed by atoms with Gasteiger partial charge in [-0.2, -0.15) is 5.10 Å². The van der Waals surface area contributed by atoms with Crippen molar-refractivity contribution in [2.45, 2.75) is 51.1 Å². The maximum Gasteiger partial charge on any atom is 0.411 e. The van der Waals surface area contributed by atoms with Crippen LogP contribution in [-0.2, 0) is 19.4 Å². The molecule has 11 heteroatoms. The SMILES string of the molecule is C[C@H]1CN(C(=O)O)c2cc(-c3cnn(C4CCCS(=O)(=O)C4)c3)ccc2N1C(=O)CC1CCOCC1. The van der Waals surface area contributed by atoms with E-state index in [1.807, 2.05) is 19.2 Å². The van der Waals surface area contributed by atoms with Gasteiger partial charge in [-0.05, 0) is 56.2 Å². The Bertz CT molecular complexity index is 1250. The molecule has 2 atom stereocenters. The van der Waals surface area contributed by atoms with Gasteiger partial charge in [-0.1, -0.05) is 6.07 Å². The number of benzene rings is 1. The number of sulfone groups is 1.